The summed E-state index contributed by atoms with van der Waals surface area (Å²) in [4.78, 5) is 18.3. The number of thioether (sulfide) groups is 1. The maximum Gasteiger partial charge on any atom is 0.223 e. The Morgan fingerprint density at radius 1 is 1.13 bits per heavy atom. The lowest BCUT2D eigenvalue weighted by Gasteiger charge is -2.13. The highest BCUT2D eigenvalue weighted by atomic mass is 35.5. The van der Waals surface area contributed by atoms with Crippen LogP contribution in [0.5, 0.6) is 11.5 Å². The van der Waals surface area contributed by atoms with Crippen molar-refractivity contribution in [3.05, 3.63) is 70.0 Å². The Hall–Kier alpha value is -2.78. The number of halogens is 3. The largest absolute Gasteiger partial charge is 0.493 e. The van der Waals surface area contributed by atoms with Crippen molar-refractivity contribution >= 4 is 29.1 Å². The number of benzene rings is 2. The molecule has 2 aromatic carbocycles. The average molecular weight is 466 g/mol. The number of aromatic nitrogens is 2. The smallest absolute Gasteiger partial charge is 0.223 e. The first kappa shape index (κ1) is 22.9. The average Bonchev–Trinajstić information content (AvgIpc) is 2.75. The summed E-state index contributed by atoms with van der Waals surface area (Å²) in [5.41, 5.74) is 1.42. The van der Waals surface area contributed by atoms with Gasteiger partial charge in [-0.1, -0.05) is 0 Å². The van der Waals surface area contributed by atoms with Gasteiger partial charge in [-0.05, 0) is 52.9 Å². The first-order valence-corrected chi connectivity index (χ1v) is 11.0. The monoisotopic (exact) mass is 465 g/mol. The number of hydrogen-bond donors (Lipinski definition) is 0. The fourth-order valence-electron chi connectivity index (χ4n) is 2.81. The molecular weight excluding hydrogens is 448 g/mol. The second kappa shape index (κ2) is 11.0. The molecule has 1 heterocycles. The standard InChI is InChI=1S/C21H18ClF2N3O3S/c1-31-12-13-7-15(27-28)10-16(8-13)29-5-2-6-30-19-9-14(23)3-4-17(19)20-18(24)11-25-21(22)26-20/h3-4,7-11H,2,5-6,12H2,1H3. The van der Waals surface area contributed by atoms with Gasteiger partial charge in [0.1, 0.15) is 28.7 Å². The van der Waals surface area contributed by atoms with E-state index in [1.165, 1.54) is 12.1 Å². The number of nitroso groups, excluding NO2 is 1. The minimum atomic E-state index is -0.700. The van der Waals surface area contributed by atoms with Gasteiger partial charge in [0.15, 0.2) is 5.82 Å². The van der Waals surface area contributed by atoms with Gasteiger partial charge < -0.3 is 9.47 Å². The molecule has 162 valence electrons. The van der Waals surface area contributed by atoms with Crippen LogP contribution in [0.4, 0.5) is 14.5 Å². The molecule has 0 bridgehead atoms. The summed E-state index contributed by atoms with van der Waals surface area (Å²) in [5, 5.41) is 2.84. The maximum absolute atomic E-state index is 14.1. The van der Waals surface area contributed by atoms with Gasteiger partial charge >= 0.3 is 0 Å². The number of ether oxygens (including phenoxy) is 2. The van der Waals surface area contributed by atoms with Gasteiger partial charge in [0.2, 0.25) is 5.28 Å². The van der Waals surface area contributed by atoms with Gasteiger partial charge in [0, 0.05) is 29.9 Å². The van der Waals surface area contributed by atoms with Crippen molar-refractivity contribution < 1.29 is 18.3 Å². The number of nitrogens with zero attached hydrogens (tertiary/aromatic N) is 3. The molecule has 3 rings (SSSR count). The summed E-state index contributed by atoms with van der Waals surface area (Å²) in [6, 6.07) is 8.82. The SMILES string of the molecule is CSCc1cc(N=O)cc(OCCCOc2cc(F)ccc2-c2nc(Cl)ncc2F)c1. The Labute approximate surface area is 186 Å². The summed E-state index contributed by atoms with van der Waals surface area (Å²) in [7, 11) is 0. The molecule has 10 heteroatoms. The Bertz CT molecular complexity index is 1070. The molecule has 0 fully saturated rings. The van der Waals surface area contributed by atoms with Crippen LogP contribution in [0.1, 0.15) is 12.0 Å². The zero-order chi connectivity index (χ0) is 22.2. The lowest BCUT2D eigenvalue weighted by atomic mass is 10.1. The molecule has 0 radical (unpaired) electrons. The summed E-state index contributed by atoms with van der Waals surface area (Å²) >= 11 is 7.38. The lowest BCUT2D eigenvalue weighted by molar-refractivity contribution is 0.247. The Kier molecular flexibility index (Phi) is 8.13. The predicted octanol–water partition coefficient (Wildman–Crippen LogP) is 6.18. The van der Waals surface area contributed by atoms with Crippen LogP contribution < -0.4 is 9.47 Å². The molecule has 0 aliphatic rings. The molecule has 0 spiro atoms. The van der Waals surface area contributed by atoms with Crippen LogP contribution >= 0.6 is 23.4 Å². The molecule has 6 nitrogen and oxygen atoms in total. The normalized spacial score (nSPS) is 10.7. The molecule has 0 unspecified atom stereocenters. The van der Waals surface area contributed by atoms with E-state index in [0.717, 1.165) is 23.6 Å². The van der Waals surface area contributed by atoms with Gasteiger partial charge in [-0.25, -0.2) is 18.7 Å². The highest BCUT2D eigenvalue weighted by Gasteiger charge is 2.15. The minimum Gasteiger partial charge on any atom is -0.493 e. The van der Waals surface area contributed by atoms with Crippen LogP contribution in [0.2, 0.25) is 5.28 Å². The van der Waals surface area contributed by atoms with E-state index in [4.69, 9.17) is 21.1 Å². The zero-order valence-corrected chi connectivity index (χ0v) is 18.1. The predicted molar refractivity (Wildman–Crippen MR) is 117 cm³/mol. The highest BCUT2D eigenvalue weighted by molar-refractivity contribution is 7.97. The minimum absolute atomic E-state index is 0.0780. The maximum atomic E-state index is 14.1. The van der Waals surface area contributed by atoms with Crippen LogP contribution in [-0.4, -0.2) is 29.4 Å². The molecule has 0 atom stereocenters. The van der Waals surface area contributed by atoms with E-state index in [1.807, 2.05) is 12.3 Å². The van der Waals surface area contributed by atoms with Crippen LogP contribution in [-0.2, 0) is 5.75 Å². The third kappa shape index (κ3) is 6.35. The van der Waals surface area contributed by atoms with Crippen LogP contribution in [0, 0.1) is 16.5 Å². The van der Waals surface area contributed by atoms with E-state index in [2.05, 4.69) is 15.1 Å². The molecule has 0 amide bonds. The topological polar surface area (TPSA) is 73.7 Å². The van der Waals surface area contributed by atoms with Crippen molar-refractivity contribution in [1.82, 2.24) is 9.97 Å². The zero-order valence-electron chi connectivity index (χ0n) is 16.5. The molecule has 0 saturated carbocycles. The molecule has 0 aliphatic heterocycles. The van der Waals surface area contributed by atoms with Crippen molar-refractivity contribution in [3.8, 4) is 22.8 Å². The molecule has 0 saturated heterocycles. The molecule has 31 heavy (non-hydrogen) atoms. The van der Waals surface area contributed by atoms with Gasteiger partial charge in [-0.2, -0.15) is 11.8 Å². The fraction of sp³-hybridized carbons (Fsp3) is 0.238. The second-order valence-corrected chi connectivity index (χ2v) is 7.59. The van der Waals surface area contributed by atoms with E-state index in [9.17, 15) is 13.7 Å². The van der Waals surface area contributed by atoms with Crippen LogP contribution in [0.15, 0.2) is 47.8 Å². The first-order chi connectivity index (χ1) is 15.0. The van der Waals surface area contributed by atoms with Crippen LogP contribution in [0.25, 0.3) is 11.3 Å². The quantitative estimate of drug-likeness (QED) is 0.202. The van der Waals surface area contributed by atoms with E-state index < -0.39 is 11.6 Å². The van der Waals surface area contributed by atoms with Gasteiger partial charge in [-0.3, -0.25) is 0 Å². The summed E-state index contributed by atoms with van der Waals surface area (Å²) in [6.07, 6.45) is 3.36. The molecule has 0 N–H and O–H groups in total. The second-order valence-electron chi connectivity index (χ2n) is 6.39. The number of rotatable bonds is 10. The van der Waals surface area contributed by atoms with Crippen molar-refractivity contribution in [2.45, 2.75) is 12.2 Å². The molecular formula is C21H18ClF2N3O3S. The molecule has 3 aromatic rings. The molecule has 0 aliphatic carbocycles. The molecule has 1 aromatic heterocycles. The van der Waals surface area contributed by atoms with Crippen molar-refractivity contribution in [1.29, 1.82) is 0 Å². The van der Waals surface area contributed by atoms with Crippen LogP contribution in [0.3, 0.4) is 0 Å². The van der Waals surface area contributed by atoms with Gasteiger partial charge in [0.25, 0.3) is 0 Å². The Balaban J connectivity index is 1.63. The summed E-state index contributed by atoms with van der Waals surface area (Å²) in [5.74, 6) is 0.159. The Morgan fingerprint density at radius 2 is 1.94 bits per heavy atom. The highest BCUT2D eigenvalue weighted by Crippen LogP contribution is 2.32. The first-order valence-electron chi connectivity index (χ1n) is 9.20. The Morgan fingerprint density at radius 3 is 2.71 bits per heavy atom. The van der Waals surface area contributed by atoms with E-state index in [-0.39, 0.29) is 28.9 Å². The van der Waals surface area contributed by atoms with Crippen molar-refractivity contribution in [2.24, 2.45) is 5.18 Å². The van der Waals surface area contributed by atoms with Crippen molar-refractivity contribution in [2.75, 3.05) is 19.5 Å². The van der Waals surface area contributed by atoms with Gasteiger partial charge in [0.05, 0.1) is 19.4 Å². The third-order valence-electron chi connectivity index (χ3n) is 4.10. The summed E-state index contributed by atoms with van der Waals surface area (Å²) < 4.78 is 39.2. The fourth-order valence-corrected chi connectivity index (χ4v) is 3.44. The van der Waals surface area contributed by atoms with E-state index in [1.54, 1.807) is 23.9 Å². The van der Waals surface area contributed by atoms with E-state index in [0.29, 0.717) is 24.5 Å². The van der Waals surface area contributed by atoms with Gasteiger partial charge in [-0.15, -0.1) is 4.91 Å². The lowest BCUT2D eigenvalue weighted by Crippen LogP contribution is -2.06. The summed E-state index contributed by atoms with van der Waals surface area (Å²) in [6.45, 7) is 0.472. The van der Waals surface area contributed by atoms with E-state index >= 15 is 0 Å². The number of hydrogen-bond acceptors (Lipinski definition) is 7. The third-order valence-corrected chi connectivity index (χ3v) is 4.90. The van der Waals surface area contributed by atoms with Crippen molar-refractivity contribution in [3.63, 3.8) is 0 Å².